The Hall–Kier alpha value is -3.42. The molecule has 0 aliphatic carbocycles. The summed E-state index contributed by atoms with van der Waals surface area (Å²) in [6.45, 7) is 0. The lowest BCUT2D eigenvalue weighted by Gasteiger charge is -2.10. The summed E-state index contributed by atoms with van der Waals surface area (Å²) in [6, 6.07) is 21.1. The molecule has 0 spiro atoms. The minimum absolute atomic E-state index is 0.0134. The molecule has 0 unspecified atom stereocenters. The first-order valence-corrected chi connectivity index (χ1v) is 10.6. The molecule has 32 heavy (non-hydrogen) atoms. The Kier molecular flexibility index (Phi) is 8.19. The maximum absolute atomic E-state index is 12.8. The van der Waals surface area contributed by atoms with Gasteiger partial charge in [0.15, 0.2) is 0 Å². The predicted octanol–water partition coefficient (Wildman–Crippen LogP) is 5.03. The van der Waals surface area contributed by atoms with Gasteiger partial charge in [-0.15, -0.1) is 0 Å². The average Bonchev–Trinajstić information content (AvgIpc) is 2.79. The minimum Gasteiger partial charge on any atom is -0.496 e. The van der Waals surface area contributed by atoms with Crippen LogP contribution >= 0.6 is 27.5 Å². The van der Waals surface area contributed by atoms with Gasteiger partial charge in [0.25, 0.3) is 11.8 Å². The third-order valence-electron chi connectivity index (χ3n) is 4.28. The number of hydrogen-bond donors (Lipinski definition) is 2. The fraction of sp³-hybridized carbons (Fsp3) is 0.0417. The summed E-state index contributed by atoms with van der Waals surface area (Å²) in [6.07, 6.45) is 3.01. The fourth-order valence-electron chi connectivity index (χ4n) is 2.74. The topological polar surface area (TPSA) is 79.8 Å². The molecule has 0 saturated carbocycles. The molecule has 2 N–H and O–H groups in total. The van der Waals surface area contributed by atoms with E-state index >= 15 is 0 Å². The second-order valence-electron chi connectivity index (χ2n) is 6.49. The summed E-state index contributed by atoms with van der Waals surface area (Å²) in [5.74, 6) is -0.511. The number of carbonyl (C=O) groups is 2. The molecule has 3 aromatic rings. The smallest absolute Gasteiger partial charge is 0.287 e. The first-order chi connectivity index (χ1) is 15.5. The molecule has 0 bridgehead atoms. The van der Waals surface area contributed by atoms with Crippen LogP contribution in [0.15, 0.2) is 88.1 Å². The van der Waals surface area contributed by atoms with E-state index in [2.05, 4.69) is 31.8 Å². The summed E-state index contributed by atoms with van der Waals surface area (Å²) in [4.78, 5) is 25.5. The summed E-state index contributed by atoms with van der Waals surface area (Å²) >= 11 is 9.50. The zero-order valence-electron chi connectivity index (χ0n) is 17.0. The van der Waals surface area contributed by atoms with Crippen LogP contribution in [0, 0.1) is 0 Å². The summed E-state index contributed by atoms with van der Waals surface area (Å²) in [5, 5.41) is 6.91. The second kappa shape index (κ2) is 11.3. The van der Waals surface area contributed by atoms with Crippen molar-refractivity contribution in [1.82, 2.24) is 10.7 Å². The maximum Gasteiger partial charge on any atom is 0.287 e. The molecule has 0 saturated heterocycles. The van der Waals surface area contributed by atoms with Crippen molar-refractivity contribution in [1.29, 1.82) is 0 Å². The number of nitrogens with one attached hydrogen (secondary N) is 2. The van der Waals surface area contributed by atoms with Gasteiger partial charge in [0.1, 0.15) is 11.4 Å². The Labute approximate surface area is 199 Å². The van der Waals surface area contributed by atoms with Crippen LogP contribution < -0.4 is 15.5 Å². The molecule has 3 rings (SSSR count). The van der Waals surface area contributed by atoms with Gasteiger partial charge in [-0.05, 0) is 42.0 Å². The van der Waals surface area contributed by atoms with Crippen LogP contribution in [0.2, 0.25) is 5.02 Å². The Bertz CT molecular complexity index is 1180. The van der Waals surface area contributed by atoms with E-state index < -0.39 is 11.8 Å². The van der Waals surface area contributed by atoms with Gasteiger partial charge in [-0.2, -0.15) is 5.10 Å². The molecule has 0 atom stereocenters. The van der Waals surface area contributed by atoms with Crippen molar-refractivity contribution in [3.05, 3.63) is 105 Å². The normalized spacial score (nSPS) is 11.3. The van der Waals surface area contributed by atoms with Crippen molar-refractivity contribution in [2.45, 2.75) is 0 Å². The average molecular weight is 513 g/mol. The lowest BCUT2D eigenvalue weighted by Crippen LogP contribution is -2.33. The second-order valence-corrected chi connectivity index (χ2v) is 7.81. The van der Waals surface area contributed by atoms with Gasteiger partial charge in [0.2, 0.25) is 0 Å². The molecular formula is C24H19BrClN3O3. The highest BCUT2D eigenvalue weighted by Crippen LogP contribution is 2.21. The lowest BCUT2D eigenvalue weighted by molar-refractivity contribution is -0.117. The molecule has 8 heteroatoms. The van der Waals surface area contributed by atoms with Crippen LogP contribution in [0.1, 0.15) is 21.5 Å². The van der Waals surface area contributed by atoms with Crippen LogP contribution in [-0.4, -0.2) is 25.1 Å². The van der Waals surface area contributed by atoms with E-state index in [0.29, 0.717) is 11.3 Å². The van der Waals surface area contributed by atoms with Gasteiger partial charge in [-0.3, -0.25) is 9.59 Å². The van der Waals surface area contributed by atoms with E-state index in [0.717, 1.165) is 10.0 Å². The Morgan fingerprint density at radius 2 is 1.75 bits per heavy atom. The predicted molar refractivity (Wildman–Crippen MR) is 130 cm³/mol. The number of halogens is 2. The standard InChI is InChI=1S/C24H19BrClN3O3/c1-32-22-12-11-18(25)14-17(22)15-27-29-24(31)21(13-16-7-3-2-4-8-16)28-23(30)19-9-5-6-10-20(19)26/h2-15H,1H3,(H,28,30)(H,29,31)/b21-13+,27-15+. The van der Waals surface area contributed by atoms with Crippen molar-refractivity contribution < 1.29 is 14.3 Å². The molecule has 0 aromatic heterocycles. The quantitative estimate of drug-likeness (QED) is 0.265. The zero-order valence-corrected chi connectivity index (χ0v) is 19.4. The first kappa shape index (κ1) is 23.2. The van der Waals surface area contributed by atoms with E-state index in [1.54, 1.807) is 49.6 Å². The number of amides is 2. The molecule has 6 nitrogen and oxygen atoms in total. The third-order valence-corrected chi connectivity index (χ3v) is 5.11. The molecule has 0 fully saturated rings. The summed E-state index contributed by atoms with van der Waals surface area (Å²) in [5.41, 5.74) is 4.10. The highest BCUT2D eigenvalue weighted by molar-refractivity contribution is 9.10. The van der Waals surface area contributed by atoms with Gasteiger partial charge in [0.05, 0.1) is 23.9 Å². The summed E-state index contributed by atoms with van der Waals surface area (Å²) in [7, 11) is 1.55. The largest absolute Gasteiger partial charge is 0.496 e. The molecule has 3 aromatic carbocycles. The highest BCUT2D eigenvalue weighted by atomic mass is 79.9. The molecular weight excluding hydrogens is 494 g/mol. The number of benzene rings is 3. The Morgan fingerprint density at radius 3 is 2.47 bits per heavy atom. The minimum atomic E-state index is -0.598. The van der Waals surface area contributed by atoms with Crippen molar-refractivity contribution in [2.75, 3.05) is 7.11 Å². The Morgan fingerprint density at radius 1 is 1.03 bits per heavy atom. The van der Waals surface area contributed by atoms with Crippen LogP contribution in [0.4, 0.5) is 0 Å². The van der Waals surface area contributed by atoms with Crippen LogP contribution in [-0.2, 0) is 4.79 Å². The van der Waals surface area contributed by atoms with Crippen LogP contribution in [0.5, 0.6) is 5.75 Å². The van der Waals surface area contributed by atoms with E-state index in [1.807, 2.05) is 36.4 Å². The SMILES string of the molecule is COc1ccc(Br)cc1/C=N/NC(=O)/C(=C\c1ccccc1)NC(=O)c1ccccc1Cl. The van der Waals surface area contributed by atoms with Crippen molar-refractivity contribution in [3.63, 3.8) is 0 Å². The monoisotopic (exact) mass is 511 g/mol. The van der Waals surface area contributed by atoms with Gasteiger partial charge in [0, 0.05) is 10.0 Å². The Balaban J connectivity index is 1.83. The van der Waals surface area contributed by atoms with Crippen molar-refractivity contribution in [3.8, 4) is 5.75 Å². The van der Waals surface area contributed by atoms with Gasteiger partial charge < -0.3 is 10.1 Å². The number of hydrazone groups is 1. The van der Waals surface area contributed by atoms with Crippen LogP contribution in [0.3, 0.4) is 0 Å². The number of nitrogens with zero attached hydrogens (tertiary/aromatic N) is 1. The third kappa shape index (κ3) is 6.29. The van der Waals surface area contributed by atoms with Crippen molar-refractivity contribution in [2.24, 2.45) is 5.10 Å². The van der Waals surface area contributed by atoms with E-state index in [9.17, 15) is 9.59 Å². The molecule has 162 valence electrons. The van der Waals surface area contributed by atoms with Crippen LogP contribution in [0.25, 0.3) is 6.08 Å². The first-order valence-electron chi connectivity index (χ1n) is 9.47. The van der Waals surface area contributed by atoms with E-state index in [1.165, 1.54) is 6.21 Å². The van der Waals surface area contributed by atoms with Gasteiger partial charge in [-0.1, -0.05) is 70.0 Å². The summed E-state index contributed by atoms with van der Waals surface area (Å²) < 4.78 is 6.13. The lowest BCUT2D eigenvalue weighted by atomic mass is 10.1. The number of rotatable bonds is 7. The van der Waals surface area contributed by atoms with E-state index in [4.69, 9.17) is 16.3 Å². The molecule has 0 aliphatic heterocycles. The molecule has 2 amide bonds. The number of hydrogen-bond acceptors (Lipinski definition) is 4. The van der Waals surface area contributed by atoms with Gasteiger partial charge in [-0.25, -0.2) is 5.43 Å². The number of carbonyl (C=O) groups excluding carboxylic acids is 2. The fourth-order valence-corrected chi connectivity index (χ4v) is 3.34. The zero-order chi connectivity index (χ0) is 22.9. The molecule has 0 radical (unpaired) electrons. The number of ether oxygens (including phenoxy) is 1. The molecule has 0 heterocycles. The molecule has 0 aliphatic rings. The highest BCUT2D eigenvalue weighted by Gasteiger charge is 2.16. The number of methoxy groups -OCH3 is 1. The van der Waals surface area contributed by atoms with Crippen molar-refractivity contribution >= 4 is 51.6 Å². The van der Waals surface area contributed by atoms with E-state index in [-0.39, 0.29) is 16.3 Å². The maximum atomic E-state index is 12.8. The van der Waals surface area contributed by atoms with Gasteiger partial charge >= 0.3 is 0 Å².